The van der Waals surface area contributed by atoms with Crippen LogP contribution in [0.5, 0.6) is 5.75 Å². The van der Waals surface area contributed by atoms with Gasteiger partial charge in [-0.05, 0) is 24.3 Å². The highest BCUT2D eigenvalue weighted by Crippen LogP contribution is 2.29. The van der Waals surface area contributed by atoms with Crippen molar-refractivity contribution in [3.63, 3.8) is 0 Å². The number of rotatable bonds is 7. The molecule has 0 fully saturated rings. The molecule has 1 amide bonds. The number of hydrogen-bond acceptors (Lipinski definition) is 7. The number of ether oxygens (including phenoxy) is 1. The van der Waals surface area contributed by atoms with Gasteiger partial charge < -0.3 is 20.5 Å². The highest BCUT2D eigenvalue weighted by atomic mass is 16.6. The van der Waals surface area contributed by atoms with Crippen LogP contribution in [0.4, 0.5) is 17.1 Å². The van der Waals surface area contributed by atoms with Crippen LogP contribution in [0.2, 0.25) is 0 Å². The van der Waals surface area contributed by atoms with Gasteiger partial charge in [-0.2, -0.15) is 5.26 Å². The standard InChI is InChI=1S/C18H14N4O6/c1-28-16-8-14(22(26)27)5-6-15(16)20-10-12(9-19)17(23)21-13-4-2-3-11(7-13)18(24)25/h2-8,10,20H,1H3,(H,21,23)(H,24,25)/b12-10-. The zero-order valence-corrected chi connectivity index (χ0v) is 14.5. The van der Waals surface area contributed by atoms with E-state index < -0.39 is 16.8 Å². The molecule has 2 aromatic rings. The van der Waals surface area contributed by atoms with Crippen molar-refractivity contribution in [1.29, 1.82) is 5.26 Å². The van der Waals surface area contributed by atoms with E-state index in [1.54, 1.807) is 6.07 Å². The zero-order chi connectivity index (χ0) is 20.7. The number of nitrogens with zero attached hydrogens (tertiary/aromatic N) is 2. The lowest BCUT2D eigenvalue weighted by Crippen LogP contribution is -2.15. The molecule has 0 saturated carbocycles. The van der Waals surface area contributed by atoms with Gasteiger partial charge in [0, 0.05) is 18.0 Å². The summed E-state index contributed by atoms with van der Waals surface area (Å²) in [5, 5.41) is 34.1. The first-order chi connectivity index (χ1) is 13.3. The Hall–Kier alpha value is -4.39. The lowest BCUT2D eigenvalue weighted by molar-refractivity contribution is -0.384. The van der Waals surface area contributed by atoms with E-state index >= 15 is 0 Å². The Labute approximate surface area is 158 Å². The molecule has 10 heteroatoms. The van der Waals surface area contributed by atoms with E-state index in [0.29, 0.717) is 5.69 Å². The van der Waals surface area contributed by atoms with Gasteiger partial charge in [0.15, 0.2) is 0 Å². The summed E-state index contributed by atoms with van der Waals surface area (Å²) < 4.78 is 5.06. The highest BCUT2D eigenvalue weighted by molar-refractivity contribution is 6.07. The van der Waals surface area contributed by atoms with Crippen LogP contribution in [0.15, 0.2) is 54.2 Å². The average molecular weight is 382 g/mol. The topological polar surface area (TPSA) is 155 Å². The van der Waals surface area contributed by atoms with Gasteiger partial charge in [0.2, 0.25) is 0 Å². The summed E-state index contributed by atoms with van der Waals surface area (Å²) in [6, 6.07) is 11.1. The van der Waals surface area contributed by atoms with Crippen molar-refractivity contribution in [3.8, 4) is 11.8 Å². The minimum Gasteiger partial charge on any atom is -0.494 e. The minimum absolute atomic E-state index is 0.0194. The van der Waals surface area contributed by atoms with Crippen molar-refractivity contribution < 1.29 is 24.4 Å². The molecule has 0 aliphatic heterocycles. The maximum absolute atomic E-state index is 12.2. The first-order valence-corrected chi connectivity index (χ1v) is 7.69. The van der Waals surface area contributed by atoms with E-state index in [0.717, 1.165) is 6.20 Å². The number of carbonyl (C=O) groups excluding carboxylic acids is 1. The number of carbonyl (C=O) groups is 2. The largest absolute Gasteiger partial charge is 0.494 e. The second-order valence-electron chi connectivity index (χ2n) is 5.30. The predicted octanol–water partition coefficient (Wildman–Crippen LogP) is 2.76. The Morgan fingerprint density at radius 1 is 1.29 bits per heavy atom. The molecular weight excluding hydrogens is 368 g/mol. The van der Waals surface area contributed by atoms with Crippen LogP contribution in [0, 0.1) is 21.4 Å². The minimum atomic E-state index is -1.15. The number of aromatic carboxylic acids is 1. The summed E-state index contributed by atoms with van der Waals surface area (Å²) in [6.45, 7) is 0. The van der Waals surface area contributed by atoms with E-state index in [9.17, 15) is 25.0 Å². The molecule has 2 rings (SSSR count). The number of hydrogen-bond donors (Lipinski definition) is 3. The Morgan fingerprint density at radius 2 is 2.04 bits per heavy atom. The van der Waals surface area contributed by atoms with Crippen molar-refractivity contribution in [2.75, 3.05) is 17.7 Å². The second-order valence-corrected chi connectivity index (χ2v) is 5.30. The molecule has 0 radical (unpaired) electrons. The van der Waals surface area contributed by atoms with Crippen molar-refractivity contribution in [3.05, 3.63) is 69.9 Å². The molecule has 10 nitrogen and oxygen atoms in total. The molecule has 0 bridgehead atoms. The maximum Gasteiger partial charge on any atom is 0.335 e. The van der Waals surface area contributed by atoms with Gasteiger partial charge in [-0.1, -0.05) is 6.07 Å². The van der Waals surface area contributed by atoms with Crippen LogP contribution in [0.1, 0.15) is 10.4 Å². The Kier molecular flexibility index (Phi) is 6.27. The van der Waals surface area contributed by atoms with Crippen molar-refractivity contribution in [1.82, 2.24) is 0 Å². The van der Waals surface area contributed by atoms with Gasteiger partial charge in [0.25, 0.3) is 11.6 Å². The van der Waals surface area contributed by atoms with Crippen molar-refractivity contribution in [2.45, 2.75) is 0 Å². The number of nitro groups is 1. The monoisotopic (exact) mass is 382 g/mol. The third-order valence-electron chi connectivity index (χ3n) is 3.50. The molecule has 0 aliphatic rings. The Bertz CT molecular complexity index is 1010. The quantitative estimate of drug-likeness (QED) is 0.286. The number of anilines is 2. The van der Waals surface area contributed by atoms with Crippen molar-refractivity contribution in [2.24, 2.45) is 0 Å². The highest BCUT2D eigenvalue weighted by Gasteiger charge is 2.13. The molecule has 0 atom stereocenters. The fraction of sp³-hybridized carbons (Fsp3) is 0.0556. The number of non-ortho nitro benzene ring substituents is 1. The van der Waals surface area contributed by atoms with Crippen molar-refractivity contribution >= 4 is 28.9 Å². The summed E-state index contributed by atoms with van der Waals surface area (Å²) in [4.78, 5) is 33.4. The number of benzene rings is 2. The molecule has 2 aromatic carbocycles. The lowest BCUT2D eigenvalue weighted by atomic mass is 10.2. The second kappa shape index (κ2) is 8.81. The smallest absolute Gasteiger partial charge is 0.335 e. The van der Waals surface area contributed by atoms with Gasteiger partial charge in [-0.25, -0.2) is 4.79 Å². The number of amides is 1. The lowest BCUT2D eigenvalue weighted by Gasteiger charge is -2.09. The van der Waals surface area contributed by atoms with Crippen LogP contribution in [-0.4, -0.2) is 29.0 Å². The number of methoxy groups -OCH3 is 1. The summed E-state index contributed by atoms with van der Waals surface area (Å²) in [5.74, 6) is -1.77. The molecule has 0 aliphatic carbocycles. The summed E-state index contributed by atoms with van der Waals surface area (Å²) >= 11 is 0. The zero-order valence-electron chi connectivity index (χ0n) is 14.5. The van der Waals surface area contributed by atoms with Crippen LogP contribution in [-0.2, 0) is 4.79 Å². The van der Waals surface area contributed by atoms with Gasteiger partial charge in [-0.3, -0.25) is 14.9 Å². The third-order valence-corrected chi connectivity index (χ3v) is 3.50. The first kappa shape index (κ1) is 19.9. The van der Waals surface area contributed by atoms with Crippen LogP contribution in [0.25, 0.3) is 0 Å². The number of nitriles is 1. The van der Waals surface area contributed by atoms with E-state index in [1.807, 2.05) is 0 Å². The summed E-state index contributed by atoms with van der Waals surface area (Å²) in [5.41, 5.74) is 0.0126. The normalized spacial score (nSPS) is 10.5. The fourth-order valence-electron chi connectivity index (χ4n) is 2.14. The van der Waals surface area contributed by atoms with E-state index in [1.165, 1.54) is 49.6 Å². The molecule has 0 saturated heterocycles. The number of carboxylic acid groups (broad SMARTS) is 1. The summed E-state index contributed by atoms with van der Waals surface area (Å²) in [6.07, 6.45) is 1.11. The van der Waals surface area contributed by atoms with Crippen LogP contribution in [0.3, 0.4) is 0 Å². The molecule has 0 unspecified atom stereocenters. The van der Waals surface area contributed by atoms with E-state index in [-0.39, 0.29) is 28.3 Å². The average Bonchev–Trinajstić information content (AvgIpc) is 2.68. The molecule has 28 heavy (non-hydrogen) atoms. The summed E-state index contributed by atoms with van der Waals surface area (Å²) in [7, 11) is 1.32. The SMILES string of the molecule is COc1cc([N+](=O)[O-])ccc1N/C=C(/C#N)C(=O)Nc1cccc(C(=O)O)c1. The van der Waals surface area contributed by atoms with Gasteiger partial charge >= 0.3 is 5.97 Å². The molecule has 0 heterocycles. The Balaban J connectivity index is 2.19. The third kappa shape index (κ3) is 4.83. The van der Waals surface area contributed by atoms with Gasteiger partial charge in [0.1, 0.15) is 17.4 Å². The van der Waals surface area contributed by atoms with Crippen LogP contribution >= 0.6 is 0 Å². The number of nitrogens with one attached hydrogen (secondary N) is 2. The Morgan fingerprint density at radius 3 is 2.64 bits per heavy atom. The maximum atomic E-state index is 12.2. The van der Waals surface area contributed by atoms with Crippen LogP contribution < -0.4 is 15.4 Å². The fourth-order valence-corrected chi connectivity index (χ4v) is 2.14. The van der Waals surface area contributed by atoms with E-state index in [4.69, 9.17) is 9.84 Å². The van der Waals surface area contributed by atoms with E-state index in [2.05, 4.69) is 10.6 Å². The molecular formula is C18H14N4O6. The molecule has 0 aromatic heterocycles. The first-order valence-electron chi connectivity index (χ1n) is 7.69. The predicted molar refractivity (Wildman–Crippen MR) is 99.0 cm³/mol. The molecule has 3 N–H and O–H groups in total. The molecule has 0 spiro atoms. The number of nitro benzene ring substituents is 1. The molecule has 142 valence electrons. The van der Waals surface area contributed by atoms with Gasteiger partial charge in [0.05, 0.1) is 29.4 Å². The van der Waals surface area contributed by atoms with Gasteiger partial charge in [-0.15, -0.1) is 0 Å². The number of carboxylic acids is 1.